The number of hydrogen-bond acceptors (Lipinski definition) is 4. The average molecular weight is 398 g/mol. The van der Waals surface area contributed by atoms with Crippen molar-refractivity contribution >= 4 is 11.8 Å². The fourth-order valence-corrected chi connectivity index (χ4v) is 3.88. The first-order chi connectivity index (χ1) is 13.6. The van der Waals surface area contributed by atoms with Gasteiger partial charge in [-0.15, -0.1) is 0 Å². The molecular formula is C25H35NO3. The van der Waals surface area contributed by atoms with E-state index in [1.54, 1.807) is 0 Å². The van der Waals surface area contributed by atoms with Crippen molar-refractivity contribution in [3.63, 3.8) is 0 Å². The summed E-state index contributed by atoms with van der Waals surface area (Å²) < 4.78 is 10.6. The highest BCUT2D eigenvalue weighted by Gasteiger charge is 2.27. The van der Waals surface area contributed by atoms with E-state index in [9.17, 15) is 4.79 Å². The van der Waals surface area contributed by atoms with E-state index < -0.39 is 6.16 Å². The maximum absolute atomic E-state index is 12.0. The molecular weight excluding hydrogens is 362 g/mol. The Hall–Kier alpha value is -2.49. The van der Waals surface area contributed by atoms with Crippen LogP contribution in [0, 0.1) is 5.41 Å². The van der Waals surface area contributed by atoms with E-state index in [0.717, 1.165) is 18.7 Å². The molecule has 4 nitrogen and oxygen atoms in total. The maximum atomic E-state index is 12.0. The number of hydrogen-bond donors (Lipinski definition) is 0. The molecule has 0 heterocycles. The van der Waals surface area contributed by atoms with E-state index in [4.69, 9.17) is 9.47 Å². The summed E-state index contributed by atoms with van der Waals surface area (Å²) in [6.45, 7) is 15.1. The molecule has 0 aliphatic heterocycles. The third kappa shape index (κ3) is 7.45. The van der Waals surface area contributed by atoms with Crippen molar-refractivity contribution in [2.45, 2.75) is 53.4 Å². The molecule has 0 saturated heterocycles. The standard InChI is InChI=1S/C25H35NO3/c1-7-26(21-11-9-8-10-12-21)17-18-28-23(27)29-22-15-13-20(14-16-22)25(5,6)19-24(2,3)4/h8-16H,7,17-19H2,1-6H3. The summed E-state index contributed by atoms with van der Waals surface area (Å²) in [6, 6.07) is 17.8. The molecule has 0 aromatic heterocycles. The summed E-state index contributed by atoms with van der Waals surface area (Å²) in [5.41, 5.74) is 2.64. The first kappa shape index (κ1) is 22.8. The molecule has 2 aromatic rings. The Labute approximate surface area is 175 Å². The molecule has 29 heavy (non-hydrogen) atoms. The normalized spacial score (nSPS) is 11.8. The van der Waals surface area contributed by atoms with Crippen molar-refractivity contribution in [3.05, 3.63) is 60.2 Å². The van der Waals surface area contributed by atoms with Gasteiger partial charge in [0.25, 0.3) is 0 Å². The first-order valence-corrected chi connectivity index (χ1v) is 10.4. The minimum atomic E-state index is -0.671. The van der Waals surface area contributed by atoms with Crippen LogP contribution >= 0.6 is 0 Å². The van der Waals surface area contributed by atoms with Gasteiger partial charge < -0.3 is 14.4 Å². The second-order valence-electron chi connectivity index (χ2n) is 9.26. The van der Waals surface area contributed by atoms with Crippen molar-refractivity contribution in [2.24, 2.45) is 5.41 Å². The van der Waals surface area contributed by atoms with Crippen LogP contribution in [0.4, 0.5) is 10.5 Å². The zero-order chi connectivity index (χ0) is 21.5. The third-order valence-electron chi connectivity index (χ3n) is 4.89. The molecule has 0 saturated carbocycles. The molecule has 0 N–H and O–H groups in total. The lowest BCUT2D eigenvalue weighted by molar-refractivity contribution is 0.101. The van der Waals surface area contributed by atoms with Gasteiger partial charge in [0, 0.05) is 12.2 Å². The van der Waals surface area contributed by atoms with E-state index >= 15 is 0 Å². The van der Waals surface area contributed by atoms with Crippen LogP contribution in [0.1, 0.15) is 53.5 Å². The Morgan fingerprint density at radius 1 is 0.931 bits per heavy atom. The van der Waals surface area contributed by atoms with Gasteiger partial charge >= 0.3 is 6.16 Å². The van der Waals surface area contributed by atoms with Gasteiger partial charge in [0.05, 0.1) is 6.54 Å². The molecule has 0 amide bonds. The molecule has 4 heteroatoms. The fourth-order valence-electron chi connectivity index (χ4n) is 3.88. The van der Waals surface area contributed by atoms with Gasteiger partial charge in [-0.2, -0.15) is 0 Å². The Morgan fingerprint density at radius 3 is 2.10 bits per heavy atom. The van der Waals surface area contributed by atoms with Crippen molar-refractivity contribution in [1.29, 1.82) is 0 Å². The largest absolute Gasteiger partial charge is 0.513 e. The van der Waals surface area contributed by atoms with Crippen LogP contribution < -0.4 is 9.64 Å². The van der Waals surface area contributed by atoms with Crippen LogP contribution in [0.15, 0.2) is 54.6 Å². The molecule has 2 rings (SSSR count). The maximum Gasteiger partial charge on any atom is 0.513 e. The molecule has 0 atom stereocenters. The van der Waals surface area contributed by atoms with Gasteiger partial charge in [-0.25, -0.2) is 4.79 Å². The van der Waals surface area contributed by atoms with Crippen LogP contribution in [0.3, 0.4) is 0 Å². The molecule has 0 unspecified atom stereocenters. The summed E-state index contributed by atoms with van der Waals surface area (Å²) in [4.78, 5) is 14.2. The van der Waals surface area contributed by atoms with E-state index in [1.807, 2.05) is 54.6 Å². The van der Waals surface area contributed by atoms with Crippen LogP contribution in [0.2, 0.25) is 0 Å². The van der Waals surface area contributed by atoms with Gasteiger partial charge in [-0.05, 0) is 54.0 Å². The monoisotopic (exact) mass is 397 g/mol. The highest BCUT2D eigenvalue weighted by Crippen LogP contribution is 2.36. The Balaban J connectivity index is 1.85. The second kappa shape index (κ2) is 9.82. The average Bonchev–Trinajstić information content (AvgIpc) is 2.64. The minimum absolute atomic E-state index is 0.0539. The topological polar surface area (TPSA) is 38.8 Å². The lowest BCUT2D eigenvalue weighted by Gasteiger charge is -2.33. The molecule has 0 aliphatic carbocycles. The number of benzene rings is 2. The smallest absolute Gasteiger partial charge is 0.432 e. The van der Waals surface area contributed by atoms with Crippen molar-refractivity contribution in [1.82, 2.24) is 0 Å². The number of likely N-dealkylation sites (N-methyl/N-ethyl adjacent to an activating group) is 1. The molecule has 0 spiro atoms. The lowest BCUT2D eigenvalue weighted by Crippen LogP contribution is -2.28. The molecule has 0 fully saturated rings. The highest BCUT2D eigenvalue weighted by atomic mass is 16.7. The Bertz CT molecular complexity index is 761. The summed E-state index contributed by atoms with van der Waals surface area (Å²) in [7, 11) is 0. The Morgan fingerprint density at radius 2 is 1.55 bits per heavy atom. The lowest BCUT2D eigenvalue weighted by atomic mass is 9.72. The first-order valence-electron chi connectivity index (χ1n) is 10.4. The summed E-state index contributed by atoms with van der Waals surface area (Å²) >= 11 is 0. The molecule has 0 radical (unpaired) electrons. The van der Waals surface area contributed by atoms with Gasteiger partial charge in [-0.3, -0.25) is 0 Å². The van der Waals surface area contributed by atoms with Crippen molar-refractivity contribution < 1.29 is 14.3 Å². The summed E-state index contributed by atoms with van der Waals surface area (Å²) in [5.74, 6) is 0.501. The molecule has 0 aliphatic rings. The molecule has 0 bridgehead atoms. The summed E-state index contributed by atoms with van der Waals surface area (Å²) in [6.07, 6.45) is 0.397. The fraction of sp³-hybridized carbons (Fsp3) is 0.480. The van der Waals surface area contributed by atoms with E-state index in [2.05, 4.69) is 46.4 Å². The van der Waals surface area contributed by atoms with Crippen LogP contribution in [0.5, 0.6) is 5.75 Å². The number of para-hydroxylation sites is 1. The number of carbonyl (C=O) groups excluding carboxylic acids is 1. The van der Waals surface area contributed by atoms with Gasteiger partial charge in [0.2, 0.25) is 0 Å². The number of rotatable bonds is 8. The number of nitrogens with zero attached hydrogens (tertiary/aromatic N) is 1. The van der Waals surface area contributed by atoms with Crippen LogP contribution in [-0.4, -0.2) is 25.9 Å². The van der Waals surface area contributed by atoms with Crippen molar-refractivity contribution in [2.75, 3.05) is 24.6 Å². The summed E-state index contributed by atoms with van der Waals surface area (Å²) in [5, 5.41) is 0. The Kier molecular flexibility index (Phi) is 7.72. The number of ether oxygens (including phenoxy) is 2. The van der Waals surface area contributed by atoms with E-state index in [1.165, 1.54) is 5.56 Å². The zero-order valence-corrected chi connectivity index (χ0v) is 18.7. The molecule has 2 aromatic carbocycles. The SMILES string of the molecule is CCN(CCOC(=O)Oc1ccc(C(C)(C)CC(C)(C)C)cc1)c1ccccc1. The number of anilines is 1. The zero-order valence-electron chi connectivity index (χ0n) is 18.7. The minimum Gasteiger partial charge on any atom is -0.432 e. The predicted octanol–water partition coefficient (Wildman–Crippen LogP) is 6.44. The highest BCUT2D eigenvalue weighted by molar-refractivity contribution is 5.63. The molecule has 158 valence electrons. The predicted molar refractivity (Wildman–Crippen MR) is 120 cm³/mol. The number of carbonyl (C=O) groups is 1. The second-order valence-corrected chi connectivity index (χ2v) is 9.26. The van der Waals surface area contributed by atoms with Gasteiger partial charge in [0.15, 0.2) is 0 Å². The van der Waals surface area contributed by atoms with Crippen LogP contribution in [0.25, 0.3) is 0 Å². The van der Waals surface area contributed by atoms with E-state index in [-0.39, 0.29) is 17.4 Å². The van der Waals surface area contributed by atoms with Gasteiger partial charge in [0.1, 0.15) is 12.4 Å². The van der Waals surface area contributed by atoms with Crippen LogP contribution in [-0.2, 0) is 10.2 Å². The van der Waals surface area contributed by atoms with E-state index in [0.29, 0.717) is 12.3 Å². The van der Waals surface area contributed by atoms with Gasteiger partial charge in [-0.1, -0.05) is 65.0 Å². The van der Waals surface area contributed by atoms with Crippen molar-refractivity contribution in [3.8, 4) is 5.75 Å². The quantitative estimate of drug-likeness (QED) is 0.379. The third-order valence-corrected chi connectivity index (χ3v) is 4.89.